The second-order valence-corrected chi connectivity index (χ2v) is 4.18. The van der Waals surface area contributed by atoms with Crippen LogP contribution in [0.5, 0.6) is 0 Å². The third-order valence-corrected chi connectivity index (χ3v) is 2.85. The van der Waals surface area contributed by atoms with E-state index < -0.39 is 5.69 Å². The maximum atomic E-state index is 12.2. The molecule has 3 rings (SSSR count). The van der Waals surface area contributed by atoms with E-state index in [2.05, 4.69) is 25.1 Å². The van der Waals surface area contributed by atoms with Crippen molar-refractivity contribution in [3.05, 3.63) is 33.2 Å². The molecule has 19 heavy (non-hydrogen) atoms. The zero-order chi connectivity index (χ0) is 13.4. The monoisotopic (exact) mass is 260 g/mol. The summed E-state index contributed by atoms with van der Waals surface area (Å²) < 4.78 is 1.17. The van der Waals surface area contributed by atoms with Crippen LogP contribution in [0.1, 0.15) is 13.3 Å². The Morgan fingerprint density at radius 2 is 2.16 bits per heavy atom. The van der Waals surface area contributed by atoms with Gasteiger partial charge in [0.2, 0.25) is 0 Å². The molecule has 0 aliphatic rings. The van der Waals surface area contributed by atoms with Gasteiger partial charge < -0.3 is 4.98 Å². The lowest BCUT2D eigenvalue weighted by Gasteiger charge is -2.00. The maximum absolute atomic E-state index is 12.2. The Hall–Kier alpha value is -2.64. The van der Waals surface area contributed by atoms with Gasteiger partial charge in [-0.3, -0.25) is 19.4 Å². The molecule has 0 fully saturated rings. The summed E-state index contributed by atoms with van der Waals surface area (Å²) in [7, 11) is 0. The molecule has 3 N–H and O–H groups in total. The van der Waals surface area contributed by atoms with E-state index in [1.165, 1.54) is 4.57 Å². The predicted octanol–water partition coefficient (Wildman–Crippen LogP) is 0.213. The summed E-state index contributed by atoms with van der Waals surface area (Å²) in [6.07, 6.45) is 3.94. The Morgan fingerprint density at radius 3 is 2.84 bits per heavy atom. The van der Waals surface area contributed by atoms with Crippen LogP contribution in [0.2, 0.25) is 0 Å². The van der Waals surface area contributed by atoms with Gasteiger partial charge in [-0.05, 0) is 6.42 Å². The molecule has 98 valence electrons. The fourth-order valence-corrected chi connectivity index (χ4v) is 1.96. The molecule has 0 saturated heterocycles. The van der Waals surface area contributed by atoms with Crippen molar-refractivity contribution in [3.63, 3.8) is 0 Å². The first-order valence-electron chi connectivity index (χ1n) is 5.92. The quantitative estimate of drug-likeness (QED) is 0.625. The highest BCUT2D eigenvalue weighted by Gasteiger charge is 2.12. The van der Waals surface area contributed by atoms with Gasteiger partial charge in [-0.25, -0.2) is 9.78 Å². The average Bonchev–Trinajstić information content (AvgIpc) is 3.02. The molecule has 0 spiro atoms. The highest BCUT2D eigenvalue weighted by Crippen LogP contribution is 2.14. The molecule has 3 aromatic rings. The molecule has 3 heterocycles. The van der Waals surface area contributed by atoms with Gasteiger partial charge in [-0.15, -0.1) is 0 Å². The molecule has 0 unspecified atom stereocenters. The van der Waals surface area contributed by atoms with E-state index in [1.807, 2.05) is 6.92 Å². The zero-order valence-electron chi connectivity index (χ0n) is 10.2. The van der Waals surface area contributed by atoms with Crippen LogP contribution in [-0.4, -0.2) is 29.7 Å². The summed E-state index contributed by atoms with van der Waals surface area (Å²) in [5, 5.41) is 6.48. The highest BCUT2D eigenvalue weighted by molar-refractivity contribution is 5.74. The predicted molar refractivity (Wildman–Crippen MR) is 68.8 cm³/mol. The fourth-order valence-electron chi connectivity index (χ4n) is 1.96. The molecule has 0 aromatic carbocycles. The van der Waals surface area contributed by atoms with Crippen LogP contribution in [0, 0.1) is 0 Å². The first-order chi connectivity index (χ1) is 9.20. The van der Waals surface area contributed by atoms with E-state index in [4.69, 9.17) is 0 Å². The number of aromatic nitrogens is 6. The van der Waals surface area contributed by atoms with Crippen LogP contribution in [0.4, 0.5) is 0 Å². The Labute approximate surface area is 106 Å². The van der Waals surface area contributed by atoms with Crippen molar-refractivity contribution in [3.8, 4) is 11.4 Å². The van der Waals surface area contributed by atoms with Gasteiger partial charge in [0.25, 0.3) is 5.56 Å². The number of fused-ring (bicyclic) bond motifs is 1. The molecule has 3 aromatic heterocycles. The maximum Gasteiger partial charge on any atom is 0.330 e. The molecule has 0 aliphatic carbocycles. The molecule has 0 bridgehead atoms. The number of imidazole rings is 1. The minimum Gasteiger partial charge on any atom is -0.332 e. The van der Waals surface area contributed by atoms with E-state index in [0.717, 1.165) is 5.56 Å². The first kappa shape index (κ1) is 11.5. The van der Waals surface area contributed by atoms with Crippen molar-refractivity contribution in [1.82, 2.24) is 29.7 Å². The van der Waals surface area contributed by atoms with Crippen molar-refractivity contribution in [2.75, 3.05) is 0 Å². The van der Waals surface area contributed by atoms with Gasteiger partial charge in [-0.2, -0.15) is 5.10 Å². The molecule has 0 atom stereocenters. The lowest BCUT2D eigenvalue weighted by Crippen LogP contribution is -2.34. The van der Waals surface area contributed by atoms with Gasteiger partial charge in [0.05, 0.1) is 11.8 Å². The number of H-pyrrole nitrogens is 3. The van der Waals surface area contributed by atoms with E-state index in [1.54, 1.807) is 12.4 Å². The van der Waals surface area contributed by atoms with Gasteiger partial charge in [0, 0.05) is 12.7 Å². The molecule has 8 nitrogen and oxygen atoms in total. The van der Waals surface area contributed by atoms with Gasteiger partial charge in [0.15, 0.2) is 5.65 Å². The van der Waals surface area contributed by atoms with Crippen LogP contribution < -0.4 is 11.2 Å². The Morgan fingerprint density at radius 1 is 1.32 bits per heavy atom. The van der Waals surface area contributed by atoms with Crippen LogP contribution in [0.15, 0.2) is 22.0 Å². The first-order valence-corrected chi connectivity index (χ1v) is 5.92. The summed E-state index contributed by atoms with van der Waals surface area (Å²) in [6, 6.07) is 0. The average molecular weight is 260 g/mol. The van der Waals surface area contributed by atoms with Crippen LogP contribution in [-0.2, 0) is 6.54 Å². The Bertz CT molecular complexity index is 823. The van der Waals surface area contributed by atoms with Gasteiger partial charge in [0.1, 0.15) is 11.3 Å². The van der Waals surface area contributed by atoms with Gasteiger partial charge >= 0.3 is 5.69 Å². The van der Waals surface area contributed by atoms with Crippen LogP contribution >= 0.6 is 0 Å². The third kappa shape index (κ3) is 1.77. The highest BCUT2D eigenvalue weighted by atomic mass is 16.2. The zero-order valence-corrected chi connectivity index (χ0v) is 10.2. The largest absolute Gasteiger partial charge is 0.332 e. The SMILES string of the molecule is CCCn1c(=O)[nH]c2nc(-c3cn[nH]c3)[nH]c2c1=O. The molecular formula is C11H12N6O2. The summed E-state index contributed by atoms with van der Waals surface area (Å²) in [4.78, 5) is 33.7. The summed E-state index contributed by atoms with van der Waals surface area (Å²) >= 11 is 0. The summed E-state index contributed by atoms with van der Waals surface area (Å²) in [5.41, 5.74) is 0.480. The molecular weight excluding hydrogens is 248 g/mol. The third-order valence-electron chi connectivity index (χ3n) is 2.85. The van der Waals surface area contributed by atoms with Crippen molar-refractivity contribution < 1.29 is 0 Å². The topological polar surface area (TPSA) is 112 Å². The number of nitrogens with one attached hydrogen (secondary N) is 3. The minimum atomic E-state index is -0.440. The van der Waals surface area contributed by atoms with Gasteiger partial charge in [-0.1, -0.05) is 6.92 Å². The number of hydrogen-bond donors (Lipinski definition) is 3. The Kier molecular flexibility index (Phi) is 2.55. The fraction of sp³-hybridized carbons (Fsp3) is 0.273. The molecule has 0 aliphatic heterocycles. The second kappa shape index (κ2) is 4.23. The summed E-state index contributed by atoms with van der Waals surface area (Å²) in [5.74, 6) is 0.491. The summed E-state index contributed by atoms with van der Waals surface area (Å²) in [6.45, 7) is 2.28. The van der Waals surface area contributed by atoms with E-state index in [0.29, 0.717) is 24.3 Å². The van der Waals surface area contributed by atoms with E-state index in [-0.39, 0.29) is 11.2 Å². The van der Waals surface area contributed by atoms with Crippen molar-refractivity contribution >= 4 is 11.2 Å². The van der Waals surface area contributed by atoms with E-state index >= 15 is 0 Å². The standard InChI is InChI=1S/C11H12N6O2/c1-2-3-17-10(18)7-9(16-11(17)19)15-8(14-7)6-4-12-13-5-6/h4-5H,2-3H2,1H3,(H,12,13)(H,14,15)(H,16,19). The van der Waals surface area contributed by atoms with Crippen LogP contribution in [0.25, 0.3) is 22.6 Å². The molecule has 0 radical (unpaired) electrons. The molecule has 8 heteroatoms. The van der Waals surface area contributed by atoms with Crippen LogP contribution in [0.3, 0.4) is 0 Å². The minimum absolute atomic E-state index is 0.263. The second-order valence-electron chi connectivity index (χ2n) is 4.18. The molecule has 0 amide bonds. The lowest BCUT2D eigenvalue weighted by atomic mass is 10.3. The van der Waals surface area contributed by atoms with Crippen molar-refractivity contribution in [2.24, 2.45) is 0 Å². The Balaban J connectivity index is 2.27. The number of rotatable bonds is 3. The van der Waals surface area contributed by atoms with Crippen molar-refractivity contribution in [2.45, 2.75) is 19.9 Å². The van der Waals surface area contributed by atoms with Crippen molar-refractivity contribution in [1.29, 1.82) is 0 Å². The van der Waals surface area contributed by atoms with E-state index in [9.17, 15) is 9.59 Å². The number of aromatic amines is 3. The smallest absolute Gasteiger partial charge is 0.330 e. The lowest BCUT2D eigenvalue weighted by molar-refractivity contribution is 0.622. The normalized spacial score (nSPS) is 11.2. The molecule has 0 saturated carbocycles. The number of nitrogens with zero attached hydrogens (tertiary/aromatic N) is 3. The number of hydrogen-bond acceptors (Lipinski definition) is 4.